The van der Waals surface area contributed by atoms with E-state index in [-0.39, 0.29) is 29.9 Å². The number of amides is 1. The Bertz CT molecular complexity index is 654. The number of carbonyl (C=O) groups is 1. The third-order valence-corrected chi connectivity index (χ3v) is 5.58. The number of rotatable bonds is 5. The van der Waals surface area contributed by atoms with Gasteiger partial charge in [0.05, 0.1) is 6.54 Å². The lowest BCUT2D eigenvalue weighted by Gasteiger charge is -2.34. The van der Waals surface area contributed by atoms with Crippen LogP contribution in [0.5, 0.6) is 0 Å². The second-order valence-electron chi connectivity index (χ2n) is 7.43. The zero-order valence-electron chi connectivity index (χ0n) is 16.6. The lowest BCUT2D eigenvalue weighted by atomic mass is 9.93. The first-order valence-electron chi connectivity index (χ1n) is 10.0. The lowest BCUT2D eigenvalue weighted by molar-refractivity contribution is -0.121. The highest BCUT2D eigenvalue weighted by atomic mass is 127. The number of benzene rings is 1. The van der Waals surface area contributed by atoms with Gasteiger partial charge in [-0.25, -0.2) is 4.99 Å². The van der Waals surface area contributed by atoms with Gasteiger partial charge in [-0.15, -0.1) is 24.0 Å². The molecule has 1 aliphatic heterocycles. The predicted molar refractivity (Wildman–Crippen MR) is 122 cm³/mol. The molecule has 0 bridgehead atoms. The molecule has 5 nitrogen and oxygen atoms in total. The highest BCUT2D eigenvalue weighted by molar-refractivity contribution is 14.0. The second kappa shape index (κ2) is 10.9. The molecule has 1 amide bonds. The van der Waals surface area contributed by atoms with Gasteiger partial charge in [-0.2, -0.15) is 0 Å². The molecule has 1 aliphatic carbocycles. The molecule has 150 valence electrons. The summed E-state index contributed by atoms with van der Waals surface area (Å²) in [5.74, 6) is 1.65. The van der Waals surface area contributed by atoms with E-state index in [1.807, 2.05) is 0 Å². The van der Waals surface area contributed by atoms with Crippen molar-refractivity contribution in [3.8, 4) is 0 Å². The van der Waals surface area contributed by atoms with Crippen LogP contribution in [0.25, 0.3) is 0 Å². The third-order valence-electron chi connectivity index (χ3n) is 5.58. The van der Waals surface area contributed by atoms with Crippen molar-refractivity contribution in [2.75, 3.05) is 26.7 Å². The summed E-state index contributed by atoms with van der Waals surface area (Å²) in [5, 5.41) is 6.17. The summed E-state index contributed by atoms with van der Waals surface area (Å²) in [6.45, 7) is 5.66. The molecule has 2 N–H and O–H groups in total. The fourth-order valence-electron chi connectivity index (χ4n) is 4.03. The number of aliphatic imine (C=N–C) groups is 1. The van der Waals surface area contributed by atoms with Gasteiger partial charge < -0.3 is 15.5 Å². The van der Waals surface area contributed by atoms with Crippen molar-refractivity contribution < 1.29 is 4.79 Å². The Hall–Kier alpha value is -1.31. The fourth-order valence-corrected chi connectivity index (χ4v) is 4.03. The Labute approximate surface area is 180 Å². The quantitative estimate of drug-likeness (QED) is 0.384. The van der Waals surface area contributed by atoms with Crippen molar-refractivity contribution >= 4 is 35.8 Å². The molecule has 0 atom stereocenters. The number of aryl methyl sites for hydroxylation is 2. The maximum Gasteiger partial charge on any atom is 0.220 e. The average Bonchev–Trinajstić information content (AvgIpc) is 3.13. The SMILES string of the molecule is CCNC(=NCc1ccc2c(c1)CCC2)N1CCC(CC(=O)NC)CC1.I. The number of halogens is 1. The zero-order valence-corrected chi connectivity index (χ0v) is 18.9. The smallest absolute Gasteiger partial charge is 0.220 e. The molecule has 0 radical (unpaired) electrons. The van der Waals surface area contributed by atoms with E-state index >= 15 is 0 Å². The molecule has 6 heteroatoms. The molecule has 1 saturated heterocycles. The van der Waals surface area contributed by atoms with Crippen molar-refractivity contribution in [1.29, 1.82) is 0 Å². The monoisotopic (exact) mass is 484 g/mol. The lowest BCUT2D eigenvalue weighted by Crippen LogP contribution is -2.46. The van der Waals surface area contributed by atoms with Crippen LogP contribution < -0.4 is 10.6 Å². The van der Waals surface area contributed by atoms with E-state index in [4.69, 9.17) is 4.99 Å². The van der Waals surface area contributed by atoms with Crippen LogP contribution in [0.3, 0.4) is 0 Å². The third kappa shape index (κ3) is 6.09. The maximum absolute atomic E-state index is 11.6. The Balaban J connectivity index is 0.00000261. The summed E-state index contributed by atoms with van der Waals surface area (Å²) < 4.78 is 0. The maximum atomic E-state index is 11.6. The molecule has 0 unspecified atom stereocenters. The van der Waals surface area contributed by atoms with Crippen molar-refractivity contribution in [2.45, 2.75) is 52.0 Å². The molecule has 0 spiro atoms. The number of nitrogens with one attached hydrogen (secondary N) is 2. The second-order valence-corrected chi connectivity index (χ2v) is 7.43. The molecular weight excluding hydrogens is 451 g/mol. The largest absolute Gasteiger partial charge is 0.359 e. The topological polar surface area (TPSA) is 56.7 Å². The van der Waals surface area contributed by atoms with Gasteiger partial charge in [-0.1, -0.05) is 18.2 Å². The number of carbonyl (C=O) groups excluding carboxylic acids is 1. The highest BCUT2D eigenvalue weighted by Gasteiger charge is 2.23. The van der Waals surface area contributed by atoms with E-state index in [0.717, 1.165) is 45.0 Å². The van der Waals surface area contributed by atoms with Gasteiger partial charge in [0.1, 0.15) is 0 Å². The zero-order chi connectivity index (χ0) is 18.4. The van der Waals surface area contributed by atoms with Crippen LogP contribution in [0.4, 0.5) is 0 Å². The van der Waals surface area contributed by atoms with Gasteiger partial charge in [0.2, 0.25) is 5.91 Å². The summed E-state index contributed by atoms with van der Waals surface area (Å²) in [4.78, 5) is 18.8. The van der Waals surface area contributed by atoms with Crippen molar-refractivity contribution in [3.63, 3.8) is 0 Å². The van der Waals surface area contributed by atoms with Crippen LogP contribution in [0, 0.1) is 5.92 Å². The summed E-state index contributed by atoms with van der Waals surface area (Å²) in [6.07, 6.45) is 6.48. The van der Waals surface area contributed by atoms with Crippen molar-refractivity contribution in [2.24, 2.45) is 10.9 Å². The van der Waals surface area contributed by atoms with Gasteiger partial charge in [0, 0.05) is 33.1 Å². The normalized spacial score (nSPS) is 17.3. The number of hydrogen-bond acceptors (Lipinski definition) is 2. The van der Waals surface area contributed by atoms with Gasteiger partial charge in [-0.05, 0) is 61.6 Å². The van der Waals surface area contributed by atoms with E-state index < -0.39 is 0 Å². The number of piperidine rings is 1. The molecule has 1 heterocycles. The Morgan fingerprint density at radius 2 is 1.96 bits per heavy atom. The fraction of sp³-hybridized carbons (Fsp3) is 0.619. The first-order valence-corrected chi connectivity index (χ1v) is 10.0. The van der Waals surface area contributed by atoms with E-state index in [1.165, 1.54) is 36.0 Å². The standard InChI is InChI=1S/C21H32N4O.HI/c1-3-23-21(25-11-9-16(10-12-25)14-20(26)22-2)24-15-17-7-8-18-5-4-6-19(18)13-17;/h7-8,13,16H,3-6,9-12,14-15H2,1-2H3,(H,22,26)(H,23,24);1H. The van der Waals surface area contributed by atoms with Crippen molar-refractivity contribution in [1.82, 2.24) is 15.5 Å². The number of guanidine groups is 1. The summed E-state index contributed by atoms with van der Waals surface area (Å²) in [6, 6.07) is 6.85. The average molecular weight is 484 g/mol. The summed E-state index contributed by atoms with van der Waals surface area (Å²) in [7, 11) is 1.71. The molecule has 0 aromatic heterocycles. The number of fused-ring (bicyclic) bond motifs is 1. The van der Waals surface area contributed by atoms with Crippen LogP contribution in [-0.2, 0) is 24.2 Å². The molecular formula is C21H33IN4O. The Morgan fingerprint density at radius 1 is 1.22 bits per heavy atom. The molecule has 0 saturated carbocycles. The predicted octanol–water partition coefficient (Wildman–Crippen LogP) is 3.11. The van der Waals surface area contributed by atoms with Gasteiger partial charge in [-0.3, -0.25) is 4.79 Å². The molecule has 1 fully saturated rings. The minimum absolute atomic E-state index is 0. The number of hydrogen-bond donors (Lipinski definition) is 2. The molecule has 3 rings (SSSR count). The van der Waals surface area contributed by atoms with Crippen molar-refractivity contribution in [3.05, 3.63) is 34.9 Å². The van der Waals surface area contributed by atoms with E-state index in [1.54, 1.807) is 7.05 Å². The van der Waals surface area contributed by atoms with Gasteiger partial charge >= 0.3 is 0 Å². The van der Waals surface area contributed by atoms with E-state index in [2.05, 4.69) is 40.7 Å². The van der Waals surface area contributed by atoms with Crippen LogP contribution >= 0.6 is 24.0 Å². The van der Waals surface area contributed by atoms with Crippen LogP contribution in [0.1, 0.15) is 49.3 Å². The summed E-state index contributed by atoms with van der Waals surface area (Å²) >= 11 is 0. The molecule has 1 aromatic carbocycles. The Morgan fingerprint density at radius 3 is 2.67 bits per heavy atom. The van der Waals surface area contributed by atoms with Crippen LogP contribution in [0.15, 0.2) is 23.2 Å². The van der Waals surface area contributed by atoms with Crippen LogP contribution in [0.2, 0.25) is 0 Å². The minimum atomic E-state index is 0. The van der Waals surface area contributed by atoms with Gasteiger partial charge in [0.25, 0.3) is 0 Å². The van der Waals surface area contributed by atoms with Crippen LogP contribution in [-0.4, -0.2) is 43.4 Å². The first kappa shape index (κ1) is 22.0. The molecule has 1 aromatic rings. The minimum Gasteiger partial charge on any atom is -0.359 e. The van der Waals surface area contributed by atoms with E-state index in [9.17, 15) is 4.79 Å². The number of nitrogens with zero attached hydrogens (tertiary/aromatic N) is 2. The first-order chi connectivity index (χ1) is 12.7. The number of likely N-dealkylation sites (tertiary alicyclic amines) is 1. The Kier molecular flexibility index (Phi) is 8.86. The van der Waals surface area contributed by atoms with E-state index in [0.29, 0.717) is 12.3 Å². The molecule has 27 heavy (non-hydrogen) atoms. The molecule has 2 aliphatic rings. The highest BCUT2D eigenvalue weighted by Crippen LogP contribution is 2.23. The van der Waals surface area contributed by atoms with Gasteiger partial charge in [0.15, 0.2) is 5.96 Å². The summed E-state index contributed by atoms with van der Waals surface area (Å²) in [5.41, 5.74) is 4.33.